The number of aliphatic hydroxyl groups excluding tert-OH is 2. The highest BCUT2D eigenvalue weighted by molar-refractivity contribution is 5.76. The second-order valence-electron chi connectivity index (χ2n) is 16.5. The third-order valence-electron chi connectivity index (χ3n) is 10.9. The highest BCUT2D eigenvalue weighted by Gasteiger charge is 2.17. The molecule has 0 fully saturated rings. The van der Waals surface area contributed by atoms with Gasteiger partial charge in [0.05, 0.1) is 18.8 Å². The molecule has 0 aliphatic carbocycles. The maximum Gasteiger partial charge on any atom is 0.220 e. The first-order valence-corrected chi connectivity index (χ1v) is 24.8. The Balaban J connectivity index is 3.40. The lowest BCUT2D eigenvalue weighted by Crippen LogP contribution is -2.45. The Hall–Kier alpha value is -2.43. The molecule has 0 radical (unpaired) electrons. The van der Waals surface area contributed by atoms with Crippen LogP contribution < -0.4 is 5.32 Å². The normalized spacial score (nSPS) is 13.7. The number of rotatable bonds is 44. The molecule has 0 spiro atoms. The predicted octanol–water partition coefficient (Wildman–Crippen LogP) is 16.0. The van der Waals surface area contributed by atoms with Crippen LogP contribution in [0.5, 0.6) is 0 Å². The molecule has 334 valence electrons. The highest BCUT2D eigenvalue weighted by atomic mass is 16.3. The van der Waals surface area contributed by atoms with Gasteiger partial charge in [0.2, 0.25) is 5.91 Å². The monoisotopic (exact) mass is 806 g/mol. The molecule has 4 nitrogen and oxygen atoms in total. The van der Waals surface area contributed by atoms with E-state index in [1.807, 2.05) is 13.0 Å². The first-order valence-electron chi connectivity index (χ1n) is 24.8. The SMILES string of the molecule is C/C=C/CC/C=C/CC/C=C/C(O)C(CO)NC(=O)CCCCCCCCCCCCCCCCCCCCCCCCCC/C=C\C/C=C\C/C=C\C/C=C\CC. The molecule has 1 amide bonds. The van der Waals surface area contributed by atoms with Crippen molar-refractivity contribution in [2.45, 2.75) is 244 Å². The lowest BCUT2D eigenvalue weighted by Gasteiger charge is -2.19. The molecule has 0 aromatic heterocycles. The number of nitrogens with one attached hydrogen (secondary N) is 1. The van der Waals surface area contributed by atoms with Crippen LogP contribution in [0.1, 0.15) is 232 Å². The fourth-order valence-corrected chi connectivity index (χ4v) is 7.21. The zero-order chi connectivity index (χ0) is 42.1. The fraction of sp³-hybridized carbons (Fsp3) is 0.722. The van der Waals surface area contributed by atoms with Crippen molar-refractivity contribution in [1.82, 2.24) is 5.32 Å². The summed E-state index contributed by atoms with van der Waals surface area (Å²) in [6.45, 7) is 3.95. The average Bonchev–Trinajstić information content (AvgIpc) is 3.23. The minimum absolute atomic E-state index is 0.0808. The van der Waals surface area contributed by atoms with Gasteiger partial charge in [0.25, 0.3) is 0 Å². The van der Waals surface area contributed by atoms with Crippen LogP contribution in [-0.2, 0) is 4.79 Å². The van der Waals surface area contributed by atoms with Gasteiger partial charge >= 0.3 is 0 Å². The van der Waals surface area contributed by atoms with Gasteiger partial charge in [-0.1, -0.05) is 233 Å². The van der Waals surface area contributed by atoms with E-state index in [0.717, 1.165) is 64.2 Å². The smallest absolute Gasteiger partial charge is 0.220 e. The first kappa shape index (κ1) is 55.6. The van der Waals surface area contributed by atoms with Crippen LogP contribution in [0.2, 0.25) is 0 Å². The quantitative estimate of drug-likeness (QED) is 0.0424. The van der Waals surface area contributed by atoms with Crippen molar-refractivity contribution in [2.24, 2.45) is 0 Å². The summed E-state index contributed by atoms with van der Waals surface area (Å²) in [4.78, 5) is 12.3. The van der Waals surface area contributed by atoms with Gasteiger partial charge in [0.1, 0.15) is 0 Å². The van der Waals surface area contributed by atoms with E-state index in [0.29, 0.717) is 6.42 Å². The Morgan fingerprint density at radius 3 is 1.21 bits per heavy atom. The third kappa shape index (κ3) is 44.7. The van der Waals surface area contributed by atoms with E-state index in [-0.39, 0.29) is 12.5 Å². The molecule has 0 saturated heterocycles. The Bertz CT molecular complexity index is 1050. The summed E-state index contributed by atoms with van der Waals surface area (Å²) < 4.78 is 0. The van der Waals surface area contributed by atoms with Crippen LogP contribution in [0, 0.1) is 0 Å². The van der Waals surface area contributed by atoms with Crippen LogP contribution in [0.15, 0.2) is 85.1 Å². The van der Waals surface area contributed by atoms with Gasteiger partial charge in [-0.2, -0.15) is 0 Å². The van der Waals surface area contributed by atoms with E-state index < -0.39 is 12.1 Å². The Labute approximate surface area is 361 Å². The first-order chi connectivity index (χ1) is 28.7. The molecule has 0 aromatic carbocycles. The summed E-state index contributed by atoms with van der Waals surface area (Å²) in [5.74, 6) is -0.0808. The zero-order valence-corrected chi connectivity index (χ0v) is 38.3. The summed E-state index contributed by atoms with van der Waals surface area (Å²) in [7, 11) is 0. The number of carbonyl (C=O) groups excluding carboxylic acids is 1. The lowest BCUT2D eigenvalue weighted by molar-refractivity contribution is -0.123. The van der Waals surface area contributed by atoms with E-state index in [1.54, 1.807) is 6.08 Å². The molecule has 0 saturated carbocycles. The van der Waals surface area contributed by atoms with Crippen molar-refractivity contribution < 1.29 is 15.0 Å². The summed E-state index contributed by atoms with van der Waals surface area (Å²) in [6.07, 6.45) is 71.9. The predicted molar refractivity (Wildman–Crippen MR) is 257 cm³/mol. The van der Waals surface area contributed by atoms with Crippen molar-refractivity contribution in [2.75, 3.05) is 6.61 Å². The van der Waals surface area contributed by atoms with Crippen molar-refractivity contribution in [3.8, 4) is 0 Å². The van der Waals surface area contributed by atoms with Crippen molar-refractivity contribution in [1.29, 1.82) is 0 Å². The Kier molecular flexibility index (Phi) is 46.9. The Morgan fingerprint density at radius 2 is 0.793 bits per heavy atom. The minimum atomic E-state index is -0.869. The summed E-state index contributed by atoms with van der Waals surface area (Å²) >= 11 is 0. The molecule has 2 unspecified atom stereocenters. The summed E-state index contributed by atoms with van der Waals surface area (Å²) in [6, 6.07) is -0.644. The zero-order valence-electron chi connectivity index (χ0n) is 38.3. The number of hydrogen-bond acceptors (Lipinski definition) is 3. The second kappa shape index (κ2) is 48.9. The van der Waals surface area contributed by atoms with E-state index in [2.05, 4.69) is 85.2 Å². The van der Waals surface area contributed by atoms with Crippen LogP contribution in [-0.4, -0.2) is 34.9 Å². The lowest BCUT2D eigenvalue weighted by atomic mass is 10.0. The van der Waals surface area contributed by atoms with E-state index in [9.17, 15) is 15.0 Å². The summed E-state index contributed by atoms with van der Waals surface area (Å²) in [5, 5.41) is 22.8. The summed E-state index contributed by atoms with van der Waals surface area (Å²) in [5.41, 5.74) is 0. The molecule has 0 aliphatic rings. The van der Waals surface area contributed by atoms with Crippen molar-refractivity contribution in [3.05, 3.63) is 85.1 Å². The molecular formula is C54H95NO3. The molecule has 58 heavy (non-hydrogen) atoms. The molecule has 2 atom stereocenters. The van der Waals surface area contributed by atoms with Gasteiger partial charge in [0.15, 0.2) is 0 Å². The van der Waals surface area contributed by atoms with Crippen molar-refractivity contribution >= 4 is 5.91 Å². The molecule has 0 heterocycles. The number of hydrogen-bond donors (Lipinski definition) is 3. The molecule has 3 N–H and O–H groups in total. The highest BCUT2D eigenvalue weighted by Crippen LogP contribution is 2.16. The number of amides is 1. The number of aliphatic hydroxyl groups is 2. The van der Waals surface area contributed by atoms with Crippen LogP contribution in [0.4, 0.5) is 0 Å². The standard InChI is InChI=1S/C54H95NO3/c1-3-5-7-9-11-13-14-15-16-17-18-19-20-21-22-23-24-25-26-27-28-29-30-31-32-33-34-35-36-37-38-39-40-42-44-46-48-50-54(58)55-52(51-56)53(57)49-47-45-43-41-12-10-8-6-4-2/h4-7,11-13,15-16,18-19,41,47,49,52-53,56-57H,3,8-10,14,17,20-40,42-46,48,50-51H2,1-2H3,(H,55,58)/b6-4+,7-5-,13-11-,16-15-,19-18-,41-12+,49-47+. The van der Waals surface area contributed by atoms with E-state index in [4.69, 9.17) is 0 Å². The van der Waals surface area contributed by atoms with Gasteiger partial charge in [-0.15, -0.1) is 0 Å². The maximum atomic E-state index is 12.3. The number of carbonyl (C=O) groups is 1. The van der Waals surface area contributed by atoms with Gasteiger partial charge in [-0.05, 0) is 77.6 Å². The van der Waals surface area contributed by atoms with Crippen LogP contribution >= 0.6 is 0 Å². The van der Waals surface area contributed by atoms with Crippen LogP contribution in [0.3, 0.4) is 0 Å². The Morgan fingerprint density at radius 1 is 0.448 bits per heavy atom. The van der Waals surface area contributed by atoms with E-state index in [1.165, 1.54) is 148 Å². The fourth-order valence-electron chi connectivity index (χ4n) is 7.21. The third-order valence-corrected chi connectivity index (χ3v) is 10.9. The number of allylic oxidation sites excluding steroid dienone is 13. The maximum absolute atomic E-state index is 12.3. The van der Waals surface area contributed by atoms with Crippen molar-refractivity contribution in [3.63, 3.8) is 0 Å². The molecular weight excluding hydrogens is 711 g/mol. The average molecular weight is 806 g/mol. The molecule has 4 heteroatoms. The molecule has 0 aliphatic heterocycles. The minimum Gasteiger partial charge on any atom is -0.394 e. The molecule has 0 rings (SSSR count). The number of unbranched alkanes of at least 4 members (excludes halogenated alkanes) is 26. The largest absolute Gasteiger partial charge is 0.394 e. The van der Waals surface area contributed by atoms with E-state index >= 15 is 0 Å². The van der Waals surface area contributed by atoms with Gasteiger partial charge < -0.3 is 15.5 Å². The van der Waals surface area contributed by atoms with Gasteiger partial charge in [-0.25, -0.2) is 0 Å². The topological polar surface area (TPSA) is 69.6 Å². The molecule has 0 bridgehead atoms. The second-order valence-corrected chi connectivity index (χ2v) is 16.5. The van der Waals surface area contributed by atoms with Gasteiger partial charge in [-0.3, -0.25) is 4.79 Å². The van der Waals surface area contributed by atoms with Gasteiger partial charge in [0, 0.05) is 6.42 Å². The molecule has 0 aromatic rings. The van der Waals surface area contributed by atoms with Crippen LogP contribution in [0.25, 0.3) is 0 Å².